The van der Waals surface area contributed by atoms with E-state index in [1.165, 1.54) is 199 Å². The maximum Gasteiger partial charge on any atom is 0.306 e. The van der Waals surface area contributed by atoms with Gasteiger partial charge in [0.05, 0.1) is 0 Å². The lowest BCUT2D eigenvalue weighted by molar-refractivity contribution is -0.143. The zero-order valence-electron chi connectivity index (χ0n) is 41.3. The number of unbranched alkanes of at least 4 members (excludes halogenated alkanes) is 21. The Bertz CT molecular complexity index is 873. The Morgan fingerprint density at radius 1 is 0.400 bits per heavy atom. The molecule has 0 saturated carbocycles. The fourth-order valence-electron chi connectivity index (χ4n) is 8.30. The molecule has 354 valence electrons. The third kappa shape index (κ3) is 43.0. The summed E-state index contributed by atoms with van der Waals surface area (Å²) < 4.78 is 11.1. The first-order chi connectivity index (χ1) is 29.4. The van der Waals surface area contributed by atoms with Gasteiger partial charge in [0.25, 0.3) is 0 Å². The Morgan fingerprint density at radius 2 is 0.700 bits per heavy atom. The smallest absolute Gasteiger partial charge is 0.306 e. The molecule has 6 heteroatoms. The molecule has 0 fully saturated rings. The first kappa shape index (κ1) is 58.3. The number of carbonyl (C=O) groups is 2. The Balaban J connectivity index is 4.29. The van der Waals surface area contributed by atoms with E-state index in [4.69, 9.17) is 9.47 Å². The third-order valence-electron chi connectivity index (χ3n) is 12.3. The molecule has 0 aromatic heterocycles. The van der Waals surface area contributed by atoms with Gasteiger partial charge in [0.1, 0.15) is 13.2 Å². The van der Waals surface area contributed by atoms with Gasteiger partial charge >= 0.3 is 11.9 Å². The lowest BCUT2D eigenvalue weighted by atomic mass is 9.94. The van der Waals surface area contributed by atoms with Crippen molar-refractivity contribution in [1.82, 2.24) is 9.80 Å². The number of esters is 2. The second kappa shape index (κ2) is 46.8. The molecule has 0 atom stereocenters. The fourth-order valence-corrected chi connectivity index (χ4v) is 8.30. The summed E-state index contributed by atoms with van der Waals surface area (Å²) in [5, 5.41) is 0. The van der Waals surface area contributed by atoms with Crippen LogP contribution in [0.4, 0.5) is 0 Å². The van der Waals surface area contributed by atoms with Crippen molar-refractivity contribution in [3.63, 3.8) is 0 Å². The quantitative estimate of drug-likeness (QED) is 0.0345. The number of allylic oxidation sites excluding steroid dienone is 2. The maximum absolute atomic E-state index is 12.4. The van der Waals surface area contributed by atoms with E-state index in [9.17, 15) is 9.59 Å². The van der Waals surface area contributed by atoms with Crippen molar-refractivity contribution in [3.05, 3.63) is 24.3 Å². The molecule has 0 aliphatic heterocycles. The molecule has 0 saturated heterocycles. The Morgan fingerprint density at radius 3 is 1.05 bits per heavy atom. The van der Waals surface area contributed by atoms with E-state index < -0.39 is 0 Å². The van der Waals surface area contributed by atoms with Crippen LogP contribution in [0.3, 0.4) is 0 Å². The van der Waals surface area contributed by atoms with Crippen LogP contribution in [-0.2, 0) is 19.1 Å². The highest BCUT2D eigenvalue weighted by Crippen LogP contribution is 2.21. The van der Waals surface area contributed by atoms with Crippen molar-refractivity contribution in [2.75, 3.05) is 53.5 Å². The van der Waals surface area contributed by atoms with Gasteiger partial charge in [-0.2, -0.15) is 0 Å². The monoisotopic (exact) mass is 845 g/mol. The van der Waals surface area contributed by atoms with E-state index >= 15 is 0 Å². The molecule has 0 unspecified atom stereocenters. The minimum atomic E-state index is -0.0428. The highest BCUT2D eigenvalue weighted by molar-refractivity contribution is 5.69. The van der Waals surface area contributed by atoms with Gasteiger partial charge in [-0.25, -0.2) is 0 Å². The van der Waals surface area contributed by atoms with Crippen LogP contribution in [0, 0.1) is 11.8 Å². The second-order valence-electron chi connectivity index (χ2n) is 18.5. The standard InChI is InChI=1S/C54H104N2O4/c1-7-11-15-25-37-51(38-26-16-12-8-2)41-35-49-59-53(57)43-29-21-19-23-31-46-56(48-34-33-45-55(5)6)47-32-24-20-22-30-44-54(58)60-50-36-42-52(39-27-17-13-9-3)40-28-18-14-10-4/h35-36,41-42,51-52H,7-34,37-40,43-50H2,1-6H3/b41-35-,42-36-. The topological polar surface area (TPSA) is 59.1 Å². The second-order valence-corrected chi connectivity index (χ2v) is 18.5. The van der Waals surface area contributed by atoms with Crippen LogP contribution >= 0.6 is 0 Å². The van der Waals surface area contributed by atoms with Gasteiger partial charge in [0.15, 0.2) is 0 Å². The summed E-state index contributed by atoms with van der Waals surface area (Å²) in [5.41, 5.74) is 0. The number of hydrogen-bond donors (Lipinski definition) is 0. The zero-order chi connectivity index (χ0) is 44.0. The molecular formula is C54H104N2O4. The normalized spacial score (nSPS) is 12.1. The first-order valence-corrected chi connectivity index (χ1v) is 26.4. The van der Waals surface area contributed by atoms with Gasteiger partial charge in [-0.05, 0) is 116 Å². The van der Waals surface area contributed by atoms with Crippen molar-refractivity contribution in [2.24, 2.45) is 11.8 Å². The van der Waals surface area contributed by atoms with Crippen molar-refractivity contribution in [3.8, 4) is 0 Å². The molecule has 0 N–H and O–H groups in total. The average molecular weight is 845 g/mol. The summed E-state index contributed by atoms with van der Waals surface area (Å²) in [6, 6.07) is 0. The summed E-state index contributed by atoms with van der Waals surface area (Å²) in [5.74, 6) is 1.18. The predicted octanol–water partition coefficient (Wildman–Crippen LogP) is 15.6. The van der Waals surface area contributed by atoms with Crippen LogP contribution in [0.25, 0.3) is 0 Å². The molecule has 0 radical (unpaired) electrons. The predicted molar refractivity (Wildman–Crippen MR) is 262 cm³/mol. The van der Waals surface area contributed by atoms with Gasteiger partial charge in [0, 0.05) is 12.8 Å². The molecule has 0 bridgehead atoms. The lowest BCUT2D eigenvalue weighted by Gasteiger charge is -2.23. The van der Waals surface area contributed by atoms with Crippen molar-refractivity contribution < 1.29 is 19.1 Å². The molecular weight excluding hydrogens is 741 g/mol. The number of hydrogen-bond acceptors (Lipinski definition) is 6. The summed E-state index contributed by atoms with van der Waals surface area (Å²) in [7, 11) is 4.33. The average Bonchev–Trinajstić information content (AvgIpc) is 3.24. The summed E-state index contributed by atoms with van der Waals surface area (Å²) in [4.78, 5) is 29.8. The molecule has 0 aromatic rings. The molecule has 0 spiro atoms. The maximum atomic E-state index is 12.4. The summed E-state index contributed by atoms with van der Waals surface area (Å²) >= 11 is 0. The molecule has 0 aromatic carbocycles. The minimum Gasteiger partial charge on any atom is -0.461 e. The summed E-state index contributed by atoms with van der Waals surface area (Å²) in [6.07, 6.45) is 50.0. The van der Waals surface area contributed by atoms with E-state index in [2.05, 4.69) is 75.9 Å². The summed E-state index contributed by atoms with van der Waals surface area (Å²) in [6.45, 7) is 14.6. The van der Waals surface area contributed by atoms with Crippen LogP contribution in [0.15, 0.2) is 24.3 Å². The van der Waals surface area contributed by atoms with Crippen molar-refractivity contribution >= 4 is 11.9 Å². The molecule has 0 heterocycles. The molecule has 0 aliphatic rings. The van der Waals surface area contributed by atoms with Gasteiger partial charge in [-0.3, -0.25) is 9.59 Å². The van der Waals surface area contributed by atoms with Gasteiger partial charge in [-0.15, -0.1) is 0 Å². The number of rotatable bonds is 47. The van der Waals surface area contributed by atoms with Gasteiger partial charge in [0.2, 0.25) is 0 Å². The first-order valence-electron chi connectivity index (χ1n) is 26.4. The Kier molecular flexibility index (Phi) is 45.5. The minimum absolute atomic E-state index is 0.0428. The highest BCUT2D eigenvalue weighted by Gasteiger charge is 2.09. The van der Waals surface area contributed by atoms with Crippen LogP contribution in [0.1, 0.15) is 246 Å². The number of nitrogens with zero attached hydrogens (tertiary/aromatic N) is 2. The lowest BCUT2D eigenvalue weighted by Crippen LogP contribution is -2.28. The zero-order valence-corrected chi connectivity index (χ0v) is 41.3. The van der Waals surface area contributed by atoms with E-state index in [-0.39, 0.29) is 11.9 Å². The fraction of sp³-hybridized carbons (Fsp3) is 0.889. The largest absolute Gasteiger partial charge is 0.461 e. The van der Waals surface area contributed by atoms with Crippen molar-refractivity contribution in [2.45, 2.75) is 246 Å². The van der Waals surface area contributed by atoms with Crippen LogP contribution in [-0.4, -0.2) is 75.2 Å². The van der Waals surface area contributed by atoms with E-state index in [0.717, 1.165) is 32.2 Å². The highest BCUT2D eigenvalue weighted by atomic mass is 16.5. The molecule has 0 amide bonds. The van der Waals surface area contributed by atoms with Gasteiger partial charge in [-0.1, -0.05) is 193 Å². The van der Waals surface area contributed by atoms with Crippen LogP contribution in [0.5, 0.6) is 0 Å². The SMILES string of the molecule is CCCCCCC(/C=C\COC(=O)CCCCCCCN(CCCCCCCC(=O)OC/C=C\C(CCCCCC)CCCCCC)CCCCN(C)C)CCCCCC. The van der Waals surface area contributed by atoms with E-state index in [0.29, 0.717) is 37.9 Å². The van der Waals surface area contributed by atoms with Crippen molar-refractivity contribution in [1.29, 1.82) is 0 Å². The molecule has 0 aliphatic carbocycles. The number of carbonyl (C=O) groups excluding carboxylic acids is 2. The van der Waals surface area contributed by atoms with Crippen LogP contribution in [0.2, 0.25) is 0 Å². The molecule has 60 heavy (non-hydrogen) atoms. The van der Waals surface area contributed by atoms with Gasteiger partial charge < -0.3 is 19.3 Å². The third-order valence-corrected chi connectivity index (χ3v) is 12.3. The molecule has 6 nitrogen and oxygen atoms in total. The Labute approximate surface area is 375 Å². The number of ether oxygens (including phenoxy) is 2. The van der Waals surface area contributed by atoms with Crippen LogP contribution < -0.4 is 0 Å². The Hall–Kier alpha value is -1.66. The van der Waals surface area contributed by atoms with E-state index in [1.807, 2.05) is 0 Å². The molecule has 0 rings (SSSR count). The van der Waals surface area contributed by atoms with E-state index in [1.54, 1.807) is 0 Å².